The highest BCUT2D eigenvalue weighted by Gasteiger charge is 2.10. The Bertz CT molecular complexity index is 318. The van der Waals surface area contributed by atoms with Crippen LogP contribution >= 0.6 is 0 Å². The molecule has 0 heterocycles. The summed E-state index contributed by atoms with van der Waals surface area (Å²) < 4.78 is 4.52. The van der Waals surface area contributed by atoms with Gasteiger partial charge < -0.3 is 14.7 Å². The lowest BCUT2D eigenvalue weighted by Gasteiger charge is -2.02. The second-order valence-corrected chi connectivity index (χ2v) is 2.14. The van der Waals surface area contributed by atoms with Crippen molar-refractivity contribution in [2.75, 3.05) is 0 Å². The highest BCUT2D eigenvalue weighted by molar-refractivity contribution is 6.33. The Morgan fingerprint density at radius 2 is 1.92 bits per heavy atom. The average Bonchev–Trinajstić information content (AvgIpc) is 2.08. The Balaban J connectivity index is 2.75. The molecule has 66 valence electrons. The number of isocyanates is 1. The van der Waals surface area contributed by atoms with E-state index in [-0.39, 0.29) is 5.75 Å². The molecule has 1 aromatic carbocycles. The maximum absolute atomic E-state index is 9.83. The molecular weight excluding hydrogens is 173 g/mol. The lowest BCUT2D eigenvalue weighted by atomic mass is 10.2. The van der Waals surface area contributed by atoms with Crippen molar-refractivity contribution in [1.29, 1.82) is 0 Å². The summed E-state index contributed by atoms with van der Waals surface area (Å²) in [5.74, 6) is 0.278. The van der Waals surface area contributed by atoms with E-state index in [9.17, 15) is 4.79 Å². The largest absolute Gasteiger partial charge is 0.707 e. The van der Waals surface area contributed by atoms with E-state index in [1.165, 1.54) is 30.3 Å². The molecular formula is C7H6BNO4. The Hall–Kier alpha value is -1.62. The van der Waals surface area contributed by atoms with Crippen LogP contribution in [-0.4, -0.2) is 23.4 Å². The number of hydrogen-bond donors (Lipinski definition) is 2. The van der Waals surface area contributed by atoms with Gasteiger partial charge in [0, 0.05) is 0 Å². The molecule has 0 saturated heterocycles. The summed E-state index contributed by atoms with van der Waals surface area (Å²) in [7, 11) is -1.85. The molecule has 0 saturated carbocycles. The number of carbonyl (C=O) groups excluding carboxylic acids is 1. The summed E-state index contributed by atoms with van der Waals surface area (Å²) in [5.41, 5.74) is 0.426. The third-order valence-electron chi connectivity index (χ3n) is 1.25. The highest BCUT2D eigenvalue weighted by atomic mass is 16.6. The first kappa shape index (κ1) is 9.47. The van der Waals surface area contributed by atoms with Crippen molar-refractivity contribution in [2.24, 2.45) is 4.99 Å². The number of aliphatic imine (C=N–C) groups is 1. The predicted molar refractivity (Wildman–Crippen MR) is 45.0 cm³/mol. The highest BCUT2D eigenvalue weighted by Crippen LogP contribution is 2.17. The number of hydrogen-bond acceptors (Lipinski definition) is 5. The van der Waals surface area contributed by atoms with E-state index < -0.39 is 7.32 Å². The van der Waals surface area contributed by atoms with Gasteiger partial charge in [0.1, 0.15) is 5.75 Å². The van der Waals surface area contributed by atoms with Crippen LogP contribution < -0.4 is 4.65 Å². The van der Waals surface area contributed by atoms with Crippen molar-refractivity contribution >= 4 is 19.1 Å². The van der Waals surface area contributed by atoms with Gasteiger partial charge in [-0.15, -0.1) is 0 Å². The van der Waals surface area contributed by atoms with Gasteiger partial charge in [-0.2, -0.15) is 4.99 Å². The molecule has 0 atom stereocenters. The van der Waals surface area contributed by atoms with Gasteiger partial charge in [0.15, 0.2) is 0 Å². The van der Waals surface area contributed by atoms with Crippen molar-refractivity contribution in [1.82, 2.24) is 0 Å². The van der Waals surface area contributed by atoms with E-state index in [4.69, 9.17) is 10.0 Å². The molecule has 0 aliphatic rings. The van der Waals surface area contributed by atoms with Gasteiger partial charge in [-0.3, -0.25) is 0 Å². The van der Waals surface area contributed by atoms with Crippen LogP contribution in [0.25, 0.3) is 0 Å². The molecule has 0 unspecified atom stereocenters. The fraction of sp³-hybridized carbons (Fsp3) is 0. The minimum Gasteiger partial charge on any atom is -0.512 e. The van der Waals surface area contributed by atoms with E-state index in [0.717, 1.165) is 0 Å². The van der Waals surface area contributed by atoms with E-state index in [0.29, 0.717) is 5.69 Å². The fourth-order valence-electron chi connectivity index (χ4n) is 0.774. The molecule has 2 N–H and O–H groups in total. The van der Waals surface area contributed by atoms with Crippen LogP contribution in [0.15, 0.2) is 29.3 Å². The third kappa shape index (κ3) is 3.08. The van der Waals surface area contributed by atoms with Gasteiger partial charge in [0.05, 0.1) is 5.69 Å². The summed E-state index contributed by atoms with van der Waals surface area (Å²) in [6.45, 7) is 0. The molecule has 0 amide bonds. The van der Waals surface area contributed by atoms with Crippen LogP contribution in [0, 0.1) is 0 Å². The van der Waals surface area contributed by atoms with Crippen molar-refractivity contribution in [3.63, 3.8) is 0 Å². The quantitative estimate of drug-likeness (QED) is 0.388. The van der Waals surface area contributed by atoms with Crippen LogP contribution in [-0.2, 0) is 4.79 Å². The first-order chi connectivity index (χ1) is 6.22. The van der Waals surface area contributed by atoms with Crippen molar-refractivity contribution in [3.8, 4) is 5.75 Å². The maximum Gasteiger partial charge on any atom is 0.707 e. The van der Waals surface area contributed by atoms with Crippen molar-refractivity contribution in [2.45, 2.75) is 0 Å². The summed E-state index contributed by atoms with van der Waals surface area (Å²) in [6, 6.07) is 5.89. The molecule has 6 heteroatoms. The second kappa shape index (κ2) is 4.42. The minimum absolute atomic E-state index is 0.278. The first-order valence-corrected chi connectivity index (χ1v) is 3.43. The number of rotatable bonds is 3. The Morgan fingerprint density at radius 3 is 2.38 bits per heavy atom. The zero-order valence-electron chi connectivity index (χ0n) is 6.54. The van der Waals surface area contributed by atoms with Gasteiger partial charge in [0.2, 0.25) is 6.08 Å². The maximum atomic E-state index is 9.83. The second-order valence-electron chi connectivity index (χ2n) is 2.14. The van der Waals surface area contributed by atoms with Gasteiger partial charge in [-0.25, -0.2) is 4.79 Å². The smallest absolute Gasteiger partial charge is 0.512 e. The van der Waals surface area contributed by atoms with Crippen LogP contribution in [0.2, 0.25) is 0 Å². The van der Waals surface area contributed by atoms with E-state index in [2.05, 4.69) is 9.65 Å². The molecule has 0 aromatic heterocycles. The Labute approximate surface area is 74.5 Å². The fourth-order valence-corrected chi connectivity index (χ4v) is 0.774. The molecule has 0 spiro atoms. The Morgan fingerprint density at radius 1 is 1.31 bits per heavy atom. The van der Waals surface area contributed by atoms with Gasteiger partial charge in [0.25, 0.3) is 0 Å². The first-order valence-electron chi connectivity index (χ1n) is 3.43. The zero-order chi connectivity index (χ0) is 9.68. The minimum atomic E-state index is -1.85. The zero-order valence-corrected chi connectivity index (χ0v) is 6.54. The molecule has 1 aromatic rings. The molecule has 0 aliphatic heterocycles. The predicted octanol–water partition coefficient (Wildman–Crippen LogP) is 0.00220. The van der Waals surface area contributed by atoms with E-state index >= 15 is 0 Å². The SMILES string of the molecule is O=C=Nc1ccc(OB(O)O)cc1. The van der Waals surface area contributed by atoms with Gasteiger partial charge in [-0.1, -0.05) is 0 Å². The van der Waals surface area contributed by atoms with Crippen LogP contribution in [0.3, 0.4) is 0 Å². The molecule has 1 rings (SSSR count). The average molecular weight is 179 g/mol. The lowest BCUT2D eigenvalue weighted by Crippen LogP contribution is -2.20. The molecule has 0 bridgehead atoms. The monoisotopic (exact) mass is 179 g/mol. The summed E-state index contributed by atoms with van der Waals surface area (Å²) in [5, 5.41) is 16.9. The van der Waals surface area contributed by atoms with Crippen molar-refractivity contribution in [3.05, 3.63) is 24.3 Å². The summed E-state index contributed by atoms with van der Waals surface area (Å²) >= 11 is 0. The van der Waals surface area contributed by atoms with Gasteiger partial charge >= 0.3 is 7.32 Å². The molecule has 5 nitrogen and oxygen atoms in total. The van der Waals surface area contributed by atoms with Crippen LogP contribution in [0.4, 0.5) is 5.69 Å². The Kier molecular flexibility index (Phi) is 3.22. The third-order valence-corrected chi connectivity index (χ3v) is 1.25. The molecule has 0 aliphatic carbocycles. The number of benzene rings is 1. The van der Waals surface area contributed by atoms with E-state index in [1.54, 1.807) is 0 Å². The standard InChI is InChI=1S/C7H6BNO4/c10-5-9-6-1-3-7(4-2-6)13-8(11)12/h1-4,11-12H. The molecule has 0 fully saturated rings. The molecule has 13 heavy (non-hydrogen) atoms. The normalized spacial score (nSPS) is 8.77. The lowest BCUT2D eigenvalue weighted by molar-refractivity contribution is 0.288. The summed E-state index contributed by atoms with van der Waals surface area (Å²) in [6.07, 6.45) is 1.38. The topological polar surface area (TPSA) is 79.1 Å². The van der Waals surface area contributed by atoms with Crippen molar-refractivity contribution < 1.29 is 19.5 Å². The van der Waals surface area contributed by atoms with E-state index in [1.807, 2.05) is 0 Å². The molecule has 0 radical (unpaired) electrons. The summed E-state index contributed by atoms with van der Waals surface area (Å²) in [4.78, 5) is 13.2. The van der Waals surface area contributed by atoms with Crippen LogP contribution in [0.5, 0.6) is 5.75 Å². The number of nitrogens with zero attached hydrogens (tertiary/aromatic N) is 1. The van der Waals surface area contributed by atoms with Gasteiger partial charge in [-0.05, 0) is 24.3 Å². The van der Waals surface area contributed by atoms with Crippen LogP contribution in [0.1, 0.15) is 0 Å².